The predicted molar refractivity (Wildman–Crippen MR) is 66.8 cm³/mol. The zero-order valence-corrected chi connectivity index (χ0v) is 12.5. The lowest BCUT2D eigenvalue weighted by Crippen LogP contribution is -2.38. The molecule has 0 aliphatic heterocycles. The van der Waals surface area contributed by atoms with Crippen LogP contribution in [0.15, 0.2) is 0 Å². The van der Waals surface area contributed by atoms with Gasteiger partial charge in [0, 0.05) is 0 Å². The van der Waals surface area contributed by atoms with Gasteiger partial charge in [-0.05, 0) is 39.0 Å². The number of hydrogen-bond donors (Lipinski definition) is 0. The van der Waals surface area contributed by atoms with Gasteiger partial charge in [-0.25, -0.2) is 0 Å². The van der Waals surface area contributed by atoms with Crippen LogP contribution in [0.2, 0.25) is 0 Å². The van der Waals surface area contributed by atoms with E-state index in [2.05, 4.69) is 0 Å². The maximum atomic E-state index is 12.4. The van der Waals surface area contributed by atoms with Crippen LogP contribution in [-0.2, 0) is 9.13 Å². The van der Waals surface area contributed by atoms with Crippen molar-refractivity contribution in [3.05, 3.63) is 0 Å². The molecule has 4 heteroatoms. The lowest BCUT2D eigenvalue weighted by Gasteiger charge is -2.47. The smallest absolute Gasteiger partial charge is 0.0950 e. The molecule has 0 bridgehead atoms. The van der Waals surface area contributed by atoms with Gasteiger partial charge in [0.1, 0.15) is 0 Å². The Hall–Kier alpha value is 0.460. The van der Waals surface area contributed by atoms with Gasteiger partial charge in [0.2, 0.25) is 0 Å². The maximum absolute atomic E-state index is 12.4. The first-order valence-corrected chi connectivity index (χ1v) is 10.1. The van der Waals surface area contributed by atoms with Crippen LogP contribution in [0.4, 0.5) is 0 Å². The predicted octanol–water partition coefficient (Wildman–Crippen LogP) is 3.99. The van der Waals surface area contributed by atoms with Gasteiger partial charge >= 0.3 is 0 Å². The molecular weight excluding hydrogens is 214 g/mol. The summed E-state index contributed by atoms with van der Waals surface area (Å²) in [5, 5.41) is 0. The van der Waals surface area contributed by atoms with E-state index in [9.17, 15) is 9.13 Å². The molecule has 0 aromatic heterocycles. The Bertz CT molecular complexity index is 279. The molecule has 0 aliphatic rings. The highest BCUT2D eigenvalue weighted by Crippen LogP contribution is 2.75. The van der Waals surface area contributed by atoms with Crippen molar-refractivity contribution in [2.45, 2.75) is 32.6 Å². The van der Waals surface area contributed by atoms with Gasteiger partial charge in [0.15, 0.2) is 0 Å². The van der Waals surface area contributed by atoms with E-state index in [4.69, 9.17) is 0 Å². The minimum Gasteiger partial charge on any atom is -0.323 e. The third-order valence-electron chi connectivity index (χ3n) is 3.52. The fourth-order valence-electron chi connectivity index (χ4n) is 2.20. The Kier molecular flexibility index (Phi) is 3.61. The summed E-state index contributed by atoms with van der Waals surface area (Å²) in [5.74, 6) is 0. The van der Waals surface area contributed by atoms with Crippen LogP contribution in [0.1, 0.15) is 27.7 Å². The van der Waals surface area contributed by atoms with Crippen molar-refractivity contribution in [2.75, 3.05) is 26.7 Å². The van der Waals surface area contributed by atoms with E-state index in [-0.39, 0.29) is 5.41 Å². The molecule has 0 atom stereocenters. The van der Waals surface area contributed by atoms with E-state index in [1.165, 1.54) is 0 Å². The van der Waals surface area contributed by atoms with Gasteiger partial charge in [-0.3, -0.25) is 0 Å². The van der Waals surface area contributed by atoms with Gasteiger partial charge in [-0.2, -0.15) is 0 Å². The molecule has 0 heterocycles. The van der Waals surface area contributed by atoms with Crippen molar-refractivity contribution in [2.24, 2.45) is 5.41 Å². The van der Waals surface area contributed by atoms with Crippen LogP contribution in [0.3, 0.4) is 0 Å². The van der Waals surface area contributed by atoms with E-state index < -0.39 is 19.2 Å². The lowest BCUT2D eigenvalue weighted by atomic mass is 9.92. The van der Waals surface area contributed by atoms with Crippen molar-refractivity contribution >= 4 is 14.3 Å². The lowest BCUT2D eigenvalue weighted by molar-refractivity contribution is 0.351. The van der Waals surface area contributed by atoms with Crippen LogP contribution < -0.4 is 0 Å². The summed E-state index contributed by atoms with van der Waals surface area (Å²) >= 11 is 0. The minimum absolute atomic E-state index is 0.203. The highest BCUT2D eigenvalue weighted by atomic mass is 31.2. The van der Waals surface area contributed by atoms with Crippen molar-refractivity contribution in [3.63, 3.8) is 0 Å². The zero-order chi connectivity index (χ0) is 12.0. The minimum atomic E-state index is -2.39. The average Bonchev–Trinajstić information content (AvgIpc) is 1.77. The molecule has 0 unspecified atom stereocenters. The van der Waals surface area contributed by atoms with Crippen LogP contribution >= 0.6 is 14.3 Å². The Balaban J connectivity index is 5.81. The molecule has 0 fully saturated rings. The van der Waals surface area contributed by atoms with Crippen LogP contribution in [0, 0.1) is 5.41 Å². The summed E-state index contributed by atoms with van der Waals surface area (Å²) in [7, 11) is -4.79. The summed E-state index contributed by atoms with van der Waals surface area (Å²) in [6, 6.07) is 0. The summed E-state index contributed by atoms with van der Waals surface area (Å²) in [5.41, 5.74) is -0.203. The molecule has 86 valence electrons. The molecule has 0 rings (SSSR count). The first-order chi connectivity index (χ1) is 5.75. The average molecular weight is 238 g/mol. The van der Waals surface area contributed by atoms with Gasteiger partial charge < -0.3 is 9.13 Å². The van der Waals surface area contributed by atoms with E-state index >= 15 is 0 Å². The van der Waals surface area contributed by atoms with Crippen molar-refractivity contribution in [3.8, 4) is 0 Å². The molecule has 0 aromatic rings. The van der Waals surface area contributed by atoms with Gasteiger partial charge in [0.05, 0.1) is 19.2 Å². The molecule has 0 saturated carbocycles. The quantitative estimate of drug-likeness (QED) is 0.681. The second-order valence-corrected chi connectivity index (χ2v) is 13.5. The van der Waals surface area contributed by atoms with Crippen molar-refractivity contribution in [1.82, 2.24) is 0 Å². The molecular formula is C10H24O2P2. The van der Waals surface area contributed by atoms with Crippen molar-refractivity contribution in [1.29, 1.82) is 0 Å². The summed E-state index contributed by atoms with van der Waals surface area (Å²) in [4.78, 5) is -0.576. The Labute approximate surface area is 88.6 Å². The molecule has 0 saturated heterocycles. The first-order valence-electron chi connectivity index (χ1n) is 4.85. The Morgan fingerprint density at radius 3 is 0.929 bits per heavy atom. The SMILES string of the molecule is CC(C)(C)C(C)(P(C)(C)=O)P(C)(C)=O. The Morgan fingerprint density at radius 2 is 0.929 bits per heavy atom. The molecule has 0 aliphatic carbocycles. The standard InChI is InChI=1S/C10H24O2P2/c1-9(2,3)10(4,13(5,6)11)14(7,8)12/h1-8H3. The topological polar surface area (TPSA) is 34.1 Å². The molecule has 0 spiro atoms. The molecule has 14 heavy (non-hydrogen) atoms. The molecule has 2 nitrogen and oxygen atoms in total. The number of hydrogen-bond acceptors (Lipinski definition) is 2. The zero-order valence-electron chi connectivity index (χ0n) is 10.7. The summed E-state index contributed by atoms with van der Waals surface area (Å²) in [6.45, 7) is 15.0. The molecule has 0 aromatic carbocycles. The highest BCUT2D eigenvalue weighted by molar-refractivity contribution is 7.82. The maximum Gasteiger partial charge on any atom is 0.0950 e. The molecule has 0 N–H and O–H groups in total. The molecule has 0 amide bonds. The summed E-state index contributed by atoms with van der Waals surface area (Å²) < 4.78 is 24.7. The number of rotatable bonds is 2. The normalized spacial score (nSPS) is 15.7. The fraction of sp³-hybridized carbons (Fsp3) is 1.00. The van der Waals surface area contributed by atoms with E-state index in [1.54, 1.807) is 26.7 Å². The third-order valence-corrected chi connectivity index (χ3v) is 11.9. The van der Waals surface area contributed by atoms with Crippen LogP contribution in [-0.4, -0.2) is 31.6 Å². The van der Waals surface area contributed by atoms with Gasteiger partial charge in [-0.1, -0.05) is 20.8 Å². The first kappa shape index (κ1) is 14.5. The monoisotopic (exact) mass is 238 g/mol. The van der Waals surface area contributed by atoms with E-state index in [0.717, 1.165) is 0 Å². The van der Waals surface area contributed by atoms with E-state index in [1.807, 2.05) is 27.7 Å². The molecule has 0 radical (unpaired) electrons. The van der Waals surface area contributed by atoms with Crippen LogP contribution in [0.5, 0.6) is 0 Å². The fourth-order valence-corrected chi connectivity index (χ4v) is 10.1. The highest BCUT2D eigenvalue weighted by Gasteiger charge is 2.54. The Morgan fingerprint density at radius 1 is 0.714 bits per heavy atom. The van der Waals surface area contributed by atoms with E-state index in [0.29, 0.717) is 0 Å². The largest absolute Gasteiger partial charge is 0.323 e. The second kappa shape index (κ2) is 3.49. The second-order valence-electron chi connectivity index (χ2n) is 5.97. The van der Waals surface area contributed by atoms with Crippen LogP contribution in [0.25, 0.3) is 0 Å². The van der Waals surface area contributed by atoms with Gasteiger partial charge in [0.25, 0.3) is 0 Å². The summed E-state index contributed by atoms with van der Waals surface area (Å²) in [6.07, 6.45) is 0. The van der Waals surface area contributed by atoms with Gasteiger partial charge in [-0.15, -0.1) is 0 Å². The third kappa shape index (κ3) is 2.17. The van der Waals surface area contributed by atoms with Crippen molar-refractivity contribution < 1.29 is 9.13 Å².